The lowest BCUT2D eigenvalue weighted by Crippen LogP contribution is -2.62. The summed E-state index contributed by atoms with van der Waals surface area (Å²) in [5.41, 5.74) is -1.31. The van der Waals surface area contributed by atoms with Crippen molar-refractivity contribution in [3.05, 3.63) is 11.6 Å². The molecule has 0 spiro atoms. The molecule has 0 aromatic heterocycles. The Morgan fingerprint density at radius 1 is 1.34 bits per heavy atom. The summed E-state index contributed by atoms with van der Waals surface area (Å²) in [7, 11) is 0. The molecular formula is C25H37NO3. The van der Waals surface area contributed by atoms with Gasteiger partial charge in [0, 0.05) is 12.0 Å². The molecule has 0 aromatic carbocycles. The molecule has 7 atom stereocenters. The highest BCUT2D eigenvalue weighted by Gasteiger charge is 2.84. The molecule has 1 N–H and O–H groups in total. The van der Waals surface area contributed by atoms with Crippen molar-refractivity contribution < 1.29 is 14.6 Å². The molecule has 0 heterocycles. The number of carboxylic acids is 1. The normalized spacial score (nSPS) is 44.6. The quantitative estimate of drug-likeness (QED) is 0.436. The molecule has 4 heteroatoms. The number of nitriles is 1. The number of hydrogen-bond acceptors (Lipinski definition) is 3. The van der Waals surface area contributed by atoms with Crippen molar-refractivity contribution in [3.8, 4) is 6.07 Å². The van der Waals surface area contributed by atoms with Gasteiger partial charge in [-0.3, -0.25) is 4.79 Å². The predicted molar refractivity (Wildman–Crippen MR) is 112 cm³/mol. The van der Waals surface area contributed by atoms with Gasteiger partial charge in [0.15, 0.2) is 0 Å². The minimum atomic E-state index is -1.08. The van der Waals surface area contributed by atoms with Gasteiger partial charge in [0.2, 0.25) is 0 Å². The van der Waals surface area contributed by atoms with Gasteiger partial charge < -0.3 is 9.84 Å². The third-order valence-electron chi connectivity index (χ3n) is 9.29. The Kier molecular flexibility index (Phi) is 5.13. The Morgan fingerprint density at radius 3 is 2.72 bits per heavy atom. The van der Waals surface area contributed by atoms with E-state index in [9.17, 15) is 15.2 Å². The lowest BCUT2D eigenvalue weighted by atomic mass is 9.43. The van der Waals surface area contributed by atoms with E-state index in [-0.39, 0.29) is 17.8 Å². The van der Waals surface area contributed by atoms with E-state index in [1.165, 1.54) is 0 Å². The number of carbonyl (C=O) groups is 1. The van der Waals surface area contributed by atoms with Crippen molar-refractivity contribution in [1.82, 2.24) is 0 Å². The van der Waals surface area contributed by atoms with Crippen LogP contribution in [0.5, 0.6) is 0 Å². The summed E-state index contributed by atoms with van der Waals surface area (Å²) in [4.78, 5) is 13.2. The van der Waals surface area contributed by atoms with Crippen LogP contribution in [0.3, 0.4) is 0 Å². The highest BCUT2D eigenvalue weighted by molar-refractivity contribution is 5.85. The first-order valence-corrected chi connectivity index (χ1v) is 11.8. The second-order valence-electron chi connectivity index (χ2n) is 10.7. The molecule has 3 fully saturated rings. The topological polar surface area (TPSA) is 70.3 Å². The summed E-state index contributed by atoms with van der Waals surface area (Å²) in [6.45, 7) is 9.86. The van der Waals surface area contributed by atoms with Gasteiger partial charge in [-0.25, -0.2) is 0 Å². The van der Waals surface area contributed by atoms with Crippen LogP contribution in [0.25, 0.3) is 0 Å². The van der Waals surface area contributed by atoms with E-state index < -0.39 is 22.2 Å². The van der Waals surface area contributed by atoms with Crippen LogP contribution < -0.4 is 0 Å². The molecule has 160 valence electrons. The number of carboxylic acid groups (broad SMARTS) is 1. The van der Waals surface area contributed by atoms with Crippen molar-refractivity contribution in [2.45, 2.75) is 72.6 Å². The number of hydrogen-bond donors (Lipinski definition) is 1. The predicted octanol–water partition coefficient (Wildman–Crippen LogP) is 5.44. The number of nitrogens with zero attached hydrogens (tertiary/aromatic N) is 1. The van der Waals surface area contributed by atoms with Crippen molar-refractivity contribution in [2.75, 3.05) is 13.2 Å². The first-order valence-electron chi connectivity index (χ1n) is 11.8. The Bertz CT molecular complexity index is 752. The zero-order valence-corrected chi connectivity index (χ0v) is 18.5. The lowest BCUT2D eigenvalue weighted by molar-refractivity contribution is -0.179. The molecule has 4 unspecified atom stereocenters. The van der Waals surface area contributed by atoms with Gasteiger partial charge in [0.05, 0.1) is 18.1 Å². The number of unbranched alkanes of at least 4 members (excludes halogenated alkanes) is 2. The van der Waals surface area contributed by atoms with E-state index in [0.29, 0.717) is 31.5 Å². The summed E-state index contributed by atoms with van der Waals surface area (Å²) in [5.74, 6) is 0.747. The first-order chi connectivity index (χ1) is 13.8. The van der Waals surface area contributed by atoms with Crippen LogP contribution in [0.15, 0.2) is 11.6 Å². The van der Waals surface area contributed by atoms with Crippen LogP contribution in [0.1, 0.15) is 72.6 Å². The molecular weight excluding hydrogens is 362 g/mol. The van der Waals surface area contributed by atoms with Crippen molar-refractivity contribution >= 4 is 5.97 Å². The van der Waals surface area contributed by atoms with Gasteiger partial charge in [-0.15, -0.1) is 0 Å². The van der Waals surface area contributed by atoms with Crippen molar-refractivity contribution in [3.63, 3.8) is 0 Å². The summed E-state index contributed by atoms with van der Waals surface area (Å²) in [5, 5.41) is 21.5. The van der Waals surface area contributed by atoms with Gasteiger partial charge >= 0.3 is 5.97 Å². The Labute approximate surface area is 175 Å². The molecule has 3 saturated carbocycles. The molecule has 4 aliphatic rings. The van der Waals surface area contributed by atoms with E-state index in [1.807, 2.05) is 0 Å². The zero-order chi connectivity index (χ0) is 21.0. The van der Waals surface area contributed by atoms with E-state index in [0.717, 1.165) is 44.1 Å². The van der Waals surface area contributed by atoms with Crippen LogP contribution in [0.4, 0.5) is 0 Å². The second kappa shape index (κ2) is 7.12. The lowest BCUT2D eigenvalue weighted by Gasteiger charge is -2.57. The number of allylic oxidation sites excluding steroid dienone is 1. The number of ether oxygens (including phenoxy) is 1. The smallest absolute Gasteiger partial charge is 0.316 e. The molecule has 29 heavy (non-hydrogen) atoms. The largest absolute Gasteiger partial charge is 0.481 e. The molecule has 4 nitrogen and oxygen atoms in total. The summed E-state index contributed by atoms with van der Waals surface area (Å²) >= 11 is 0. The van der Waals surface area contributed by atoms with E-state index in [2.05, 4.69) is 39.8 Å². The zero-order valence-electron chi connectivity index (χ0n) is 18.5. The maximum absolute atomic E-state index is 13.2. The van der Waals surface area contributed by atoms with Crippen LogP contribution in [-0.4, -0.2) is 24.3 Å². The van der Waals surface area contributed by atoms with Gasteiger partial charge in [-0.1, -0.05) is 58.6 Å². The Morgan fingerprint density at radius 2 is 2.10 bits per heavy atom. The van der Waals surface area contributed by atoms with E-state index >= 15 is 0 Å². The molecule has 4 aliphatic carbocycles. The average Bonchev–Trinajstić information content (AvgIpc) is 3.25. The average molecular weight is 400 g/mol. The summed E-state index contributed by atoms with van der Waals surface area (Å²) < 4.78 is 6.25. The van der Waals surface area contributed by atoms with Crippen LogP contribution in [0.2, 0.25) is 0 Å². The van der Waals surface area contributed by atoms with E-state index in [4.69, 9.17) is 4.74 Å². The maximum Gasteiger partial charge on any atom is 0.316 e. The third-order valence-corrected chi connectivity index (χ3v) is 9.29. The number of aliphatic carboxylic acids is 1. The van der Waals surface area contributed by atoms with Gasteiger partial charge in [0.1, 0.15) is 5.41 Å². The van der Waals surface area contributed by atoms with E-state index in [1.54, 1.807) is 0 Å². The molecule has 4 bridgehead atoms. The van der Waals surface area contributed by atoms with Gasteiger partial charge in [-0.05, 0) is 55.3 Å². The highest BCUT2D eigenvalue weighted by Crippen LogP contribution is 2.83. The molecule has 0 aliphatic heterocycles. The first kappa shape index (κ1) is 20.9. The molecule has 4 rings (SSSR count). The van der Waals surface area contributed by atoms with Crippen LogP contribution in [0, 0.1) is 57.2 Å². The fourth-order valence-corrected chi connectivity index (χ4v) is 8.25. The molecule has 0 radical (unpaired) electrons. The SMILES string of the molecule is CCCCCOC[C@]12CC3C(C)CCC3[C@@]3(C#N)CC1C=C(C(C)C)[C@@]23C(=O)O. The molecule has 0 saturated heterocycles. The molecule has 0 amide bonds. The fraction of sp³-hybridized carbons (Fsp3) is 0.840. The monoisotopic (exact) mass is 399 g/mol. The highest BCUT2D eigenvalue weighted by atomic mass is 16.5. The Hall–Kier alpha value is -1.34. The second-order valence-corrected chi connectivity index (χ2v) is 10.7. The van der Waals surface area contributed by atoms with Gasteiger partial charge in [-0.2, -0.15) is 5.26 Å². The number of rotatable bonds is 8. The number of fused-ring (bicyclic) bond motifs is 2. The van der Waals surface area contributed by atoms with Crippen LogP contribution in [-0.2, 0) is 9.53 Å². The van der Waals surface area contributed by atoms with Gasteiger partial charge in [0.25, 0.3) is 0 Å². The van der Waals surface area contributed by atoms with Crippen LogP contribution >= 0.6 is 0 Å². The molecule has 0 aromatic rings. The maximum atomic E-state index is 13.2. The summed E-state index contributed by atoms with van der Waals surface area (Å²) in [6, 6.07) is 2.70. The minimum Gasteiger partial charge on any atom is -0.481 e. The van der Waals surface area contributed by atoms with Crippen molar-refractivity contribution in [2.24, 2.45) is 45.8 Å². The fourth-order valence-electron chi connectivity index (χ4n) is 8.25. The summed E-state index contributed by atoms with van der Waals surface area (Å²) in [6.07, 6.45) is 9.29. The third kappa shape index (κ3) is 2.37. The van der Waals surface area contributed by atoms with Crippen molar-refractivity contribution in [1.29, 1.82) is 5.26 Å². The minimum absolute atomic E-state index is 0.138. The standard InChI is InChI=1S/C25H37NO3/c1-5-6-7-10-29-15-24-13-19-17(4)8-9-20(19)23(14-26)12-18(24)11-21(16(2)3)25(23,24)22(27)28/h11,16-20H,5-10,12-13,15H2,1-4H3,(H,27,28)/t17?,18?,19?,20?,23-,24+,25-/m0/s1. The Balaban J connectivity index is 1.82.